The number of nitrogens with one attached hydrogen (secondary N) is 1. The highest BCUT2D eigenvalue weighted by Gasteiger charge is 2.19. The van der Waals surface area contributed by atoms with E-state index in [-0.39, 0.29) is 11.2 Å². The van der Waals surface area contributed by atoms with Crippen molar-refractivity contribution < 1.29 is 9.53 Å². The van der Waals surface area contributed by atoms with Crippen LogP contribution >= 0.6 is 11.8 Å². The molecule has 3 aromatic rings. The lowest BCUT2D eigenvalue weighted by molar-refractivity contribution is -0.115. The predicted molar refractivity (Wildman–Crippen MR) is 113 cm³/mol. The number of ether oxygens (including phenoxy) is 1. The molecule has 9 heteroatoms. The average Bonchev–Trinajstić information content (AvgIpc) is 3.23. The number of aromatic nitrogens is 4. The number of hydrogen-bond donors (Lipinski definition) is 1. The van der Waals surface area contributed by atoms with E-state index in [9.17, 15) is 4.79 Å². The highest BCUT2D eigenvalue weighted by atomic mass is 32.2. The van der Waals surface area contributed by atoms with Crippen LogP contribution in [0.15, 0.2) is 59.8 Å². The zero-order valence-corrected chi connectivity index (χ0v) is 16.9. The summed E-state index contributed by atoms with van der Waals surface area (Å²) < 4.78 is 7.02. The van der Waals surface area contributed by atoms with E-state index >= 15 is 0 Å². The number of rotatable bonds is 6. The first-order valence-corrected chi connectivity index (χ1v) is 10.3. The van der Waals surface area contributed by atoms with Crippen molar-refractivity contribution in [3.63, 3.8) is 0 Å². The molecule has 0 unspecified atom stereocenters. The fourth-order valence-electron chi connectivity index (χ4n) is 3.02. The Labute approximate surface area is 173 Å². The number of benzene rings is 2. The van der Waals surface area contributed by atoms with Gasteiger partial charge in [0.15, 0.2) is 0 Å². The first-order valence-electron chi connectivity index (χ1n) is 9.45. The van der Waals surface area contributed by atoms with Gasteiger partial charge in [-0.2, -0.15) is 4.68 Å². The number of nitrogens with zero attached hydrogens (tertiary/aromatic N) is 5. The van der Waals surface area contributed by atoms with Crippen LogP contribution in [0.25, 0.3) is 5.69 Å². The van der Waals surface area contributed by atoms with Crippen molar-refractivity contribution in [1.82, 2.24) is 20.2 Å². The van der Waals surface area contributed by atoms with Crippen molar-refractivity contribution >= 4 is 29.0 Å². The Balaban J connectivity index is 1.37. The van der Waals surface area contributed by atoms with E-state index in [0.29, 0.717) is 5.16 Å². The predicted octanol–water partition coefficient (Wildman–Crippen LogP) is 2.62. The second-order valence-corrected chi connectivity index (χ2v) is 7.91. The summed E-state index contributed by atoms with van der Waals surface area (Å²) in [5.74, 6) is -0.100. The van der Waals surface area contributed by atoms with Gasteiger partial charge in [-0.1, -0.05) is 30.0 Å². The molecule has 0 radical (unpaired) electrons. The molecule has 1 fully saturated rings. The van der Waals surface area contributed by atoms with Gasteiger partial charge in [-0.05, 0) is 53.7 Å². The summed E-state index contributed by atoms with van der Waals surface area (Å²) in [6, 6.07) is 17.5. The Morgan fingerprint density at radius 2 is 1.79 bits per heavy atom. The van der Waals surface area contributed by atoms with Crippen LogP contribution in [-0.2, 0) is 9.53 Å². The van der Waals surface area contributed by atoms with Gasteiger partial charge >= 0.3 is 0 Å². The molecule has 1 atom stereocenters. The Hall–Kier alpha value is -2.91. The maximum atomic E-state index is 12.6. The van der Waals surface area contributed by atoms with Crippen LogP contribution in [0.3, 0.4) is 0 Å². The number of thioether (sulfide) groups is 1. The van der Waals surface area contributed by atoms with E-state index in [4.69, 9.17) is 4.74 Å². The monoisotopic (exact) mass is 410 g/mol. The molecule has 0 bridgehead atoms. The first-order chi connectivity index (χ1) is 14.2. The largest absolute Gasteiger partial charge is 0.378 e. The highest BCUT2D eigenvalue weighted by Crippen LogP contribution is 2.24. The Kier molecular flexibility index (Phi) is 6.06. The van der Waals surface area contributed by atoms with Crippen molar-refractivity contribution in [2.45, 2.75) is 17.3 Å². The SMILES string of the molecule is C[C@@H](Sc1nnnn1-c1ccccc1)C(=O)Nc1ccc(N2CCOCC2)cc1. The number of para-hydroxylation sites is 1. The second kappa shape index (κ2) is 9.06. The lowest BCUT2D eigenvalue weighted by Gasteiger charge is -2.28. The van der Waals surface area contributed by atoms with Gasteiger partial charge in [-0.25, -0.2) is 0 Å². The van der Waals surface area contributed by atoms with Crippen LogP contribution in [-0.4, -0.2) is 57.7 Å². The van der Waals surface area contributed by atoms with Gasteiger partial charge in [-0.15, -0.1) is 5.10 Å². The molecule has 1 saturated heterocycles. The second-order valence-electron chi connectivity index (χ2n) is 6.60. The van der Waals surface area contributed by atoms with Gasteiger partial charge in [0.05, 0.1) is 24.2 Å². The van der Waals surface area contributed by atoms with Crippen LogP contribution in [0.4, 0.5) is 11.4 Å². The molecule has 2 aromatic carbocycles. The molecule has 1 aliphatic rings. The van der Waals surface area contributed by atoms with Gasteiger partial charge in [0.2, 0.25) is 11.1 Å². The summed E-state index contributed by atoms with van der Waals surface area (Å²) in [4.78, 5) is 14.9. The zero-order chi connectivity index (χ0) is 20.1. The molecular weight excluding hydrogens is 388 g/mol. The molecule has 1 aromatic heterocycles. The molecule has 1 aliphatic heterocycles. The molecule has 1 amide bonds. The maximum absolute atomic E-state index is 12.6. The number of hydrogen-bond acceptors (Lipinski definition) is 7. The summed E-state index contributed by atoms with van der Waals surface area (Å²) in [5, 5.41) is 15.0. The van der Waals surface area contributed by atoms with Gasteiger partial charge in [0.1, 0.15) is 0 Å². The van der Waals surface area contributed by atoms with Crippen LogP contribution in [0.2, 0.25) is 0 Å². The lowest BCUT2D eigenvalue weighted by Crippen LogP contribution is -2.36. The fourth-order valence-corrected chi connectivity index (χ4v) is 3.82. The number of tetrazole rings is 1. The molecule has 8 nitrogen and oxygen atoms in total. The number of amides is 1. The maximum Gasteiger partial charge on any atom is 0.237 e. The summed E-state index contributed by atoms with van der Waals surface area (Å²) in [7, 11) is 0. The van der Waals surface area contributed by atoms with Crippen molar-refractivity contribution in [3.8, 4) is 5.69 Å². The van der Waals surface area contributed by atoms with E-state index in [0.717, 1.165) is 43.4 Å². The summed E-state index contributed by atoms with van der Waals surface area (Å²) in [6.45, 7) is 5.10. The summed E-state index contributed by atoms with van der Waals surface area (Å²) >= 11 is 1.32. The molecular formula is C20H22N6O2S. The Morgan fingerprint density at radius 3 is 2.52 bits per heavy atom. The molecule has 150 valence electrons. The first kappa shape index (κ1) is 19.4. The van der Waals surface area contributed by atoms with Crippen molar-refractivity contribution in [3.05, 3.63) is 54.6 Å². The Morgan fingerprint density at radius 1 is 1.07 bits per heavy atom. The smallest absolute Gasteiger partial charge is 0.237 e. The normalized spacial score (nSPS) is 15.1. The van der Waals surface area contributed by atoms with E-state index in [1.807, 2.05) is 61.5 Å². The summed E-state index contributed by atoms with van der Waals surface area (Å²) in [5.41, 5.74) is 2.75. The van der Waals surface area contributed by atoms with E-state index < -0.39 is 0 Å². The van der Waals surface area contributed by atoms with Crippen LogP contribution < -0.4 is 10.2 Å². The van der Waals surface area contributed by atoms with Crippen molar-refractivity contribution in [2.24, 2.45) is 0 Å². The number of carbonyl (C=O) groups is 1. The molecule has 29 heavy (non-hydrogen) atoms. The van der Waals surface area contributed by atoms with Crippen LogP contribution in [0.5, 0.6) is 0 Å². The van der Waals surface area contributed by atoms with E-state index in [1.165, 1.54) is 11.8 Å². The molecule has 2 heterocycles. The Bertz CT molecular complexity index is 941. The molecule has 1 N–H and O–H groups in total. The minimum Gasteiger partial charge on any atom is -0.378 e. The van der Waals surface area contributed by atoms with Crippen molar-refractivity contribution in [1.29, 1.82) is 0 Å². The zero-order valence-electron chi connectivity index (χ0n) is 16.1. The third kappa shape index (κ3) is 4.75. The minimum absolute atomic E-state index is 0.100. The van der Waals surface area contributed by atoms with Gasteiger partial charge in [-0.3, -0.25) is 4.79 Å². The number of carbonyl (C=O) groups excluding carboxylic acids is 1. The average molecular weight is 411 g/mol. The van der Waals surface area contributed by atoms with Gasteiger partial charge in [0, 0.05) is 24.5 Å². The fraction of sp³-hybridized carbons (Fsp3) is 0.300. The summed E-state index contributed by atoms with van der Waals surface area (Å²) in [6.07, 6.45) is 0. The van der Waals surface area contributed by atoms with Crippen LogP contribution in [0.1, 0.15) is 6.92 Å². The lowest BCUT2D eigenvalue weighted by atomic mass is 10.2. The standard InChI is InChI=1S/C20H22N6O2S/c1-15(29-20-22-23-24-26(20)18-5-3-2-4-6-18)19(27)21-16-7-9-17(10-8-16)25-11-13-28-14-12-25/h2-10,15H,11-14H2,1H3,(H,21,27)/t15-/m1/s1. The van der Waals surface area contributed by atoms with Gasteiger partial charge < -0.3 is 15.0 Å². The number of morpholine rings is 1. The van der Waals surface area contributed by atoms with E-state index in [1.54, 1.807) is 4.68 Å². The quantitative estimate of drug-likeness (QED) is 0.625. The molecule has 0 spiro atoms. The van der Waals surface area contributed by atoms with Crippen LogP contribution in [0, 0.1) is 0 Å². The highest BCUT2D eigenvalue weighted by molar-refractivity contribution is 8.00. The third-order valence-electron chi connectivity index (χ3n) is 4.60. The minimum atomic E-state index is -0.359. The third-order valence-corrected chi connectivity index (χ3v) is 5.64. The van der Waals surface area contributed by atoms with Gasteiger partial charge in [0.25, 0.3) is 0 Å². The molecule has 0 aliphatic carbocycles. The van der Waals surface area contributed by atoms with Crippen molar-refractivity contribution in [2.75, 3.05) is 36.5 Å². The topological polar surface area (TPSA) is 85.2 Å². The number of anilines is 2. The molecule has 4 rings (SSSR count). The van der Waals surface area contributed by atoms with E-state index in [2.05, 4.69) is 25.7 Å². The molecule has 0 saturated carbocycles.